The molecule has 7 heteroatoms. The quantitative estimate of drug-likeness (QED) is 0.914. The van der Waals surface area contributed by atoms with Crippen molar-refractivity contribution in [3.63, 3.8) is 0 Å². The van der Waals surface area contributed by atoms with Crippen molar-refractivity contribution in [3.8, 4) is 0 Å². The zero-order valence-corrected chi connectivity index (χ0v) is 10.7. The van der Waals surface area contributed by atoms with E-state index < -0.39 is 17.8 Å². The highest BCUT2D eigenvalue weighted by Crippen LogP contribution is 2.32. The number of benzene rings is 1. The fourth-order valence-corrected chi connectivity index (χ4v) is 2.19. The molecule has 2 rings (SSSR count). The maximum atomic E-state index is 12.9. The summed E-state index contributed by atoms with van der Waals surface area (Å²) in [6.07, 6.45) is -4.44. The average molecular weight is 288 g/mol. The third kappa shape index (κ3) is 3.10. The molecule has 1 atom stereocenters. The van der Waals surface area contributed by atoms with E-state index in [1.807, 2.05) is 0 Å². The molecule has 2 N–H and O–H groups in total. The van der Waals surface area contributed by atoms with E-state index in [2.05, 4.69) is 0 Å². The molecule has 0 aromatic heterocycles. The topological polar surface area (TPSA) is 55.6 Å². The maximum Gasteiger partial charge on any atom is 0.416 e. The molecule has 1 aromatic carbocycles. The highest BCUT2D eigenvalue weighted by Gasteiger charge is 2.35. The summed E-state index contributed by atoms with van der Waals surface area (Å²) in [6.45, 7) is 0.167. The fourth-order valence-electron chi connectivity index (χ4n) is 2.19. The Morgan fingerprint density at radius 1 is 1.35 bits per heavy atom. The lowest BCUT2D eigenvalue weighted by Gasteiger charge is -2.35. The zero-order chi connectivity index (χ0) is 14.8. The Morgan fingerprint density at radius 3 is 2.70 bits per heavy atom. The number of hydrogen-bond acceptors (Lipinski definition) is 3. The first-order valence-electron chi connectivity index (χ1n) is 6.16. The van der Waals surface area contributed by atoms with E-state index in [1.54, 1.807) is 0 Å². The second-order valence-corrected chi connectivity index (χ2v) is 4.58. The van der Waals surface area contributed by atoms with E-state index in [4.69, 9.17) is 10.5 Å². The van der Waals surface area contributed by atoms with Crippen LogP contribution < -0.4 is 5.73 Å². The number of amides is 1. The molecule has 110 valence electrons. The van der Waals surface area contributed by atoms with Gasteiger partial charge in [0.15, 0.2) is 0 Å². The van der Waals surface area contributed by atoms with Crippen LogP contribution >= 0.6 is 0 Å². The van der Waals surface area contributed by atoms with E-state index >= 15 is 0 Å². The first kappa shape index (κ1) is 14.8. The normalized spacial score (nSPS) is 20.3. The molecule has 1 aromatic rings. The Balaban J connectivity index is 2.27. The summed E-state index contributed by atoms with van der Waals surface area (Å²) in [6, 6.07) is 4.84. The van der Waals surface area contributed by atoms with Crippen molar-refractivity contribution in [3.05, 3.63) is 35.4 Å². The maximum absolute atomic E-state index is 12.9. The van der Waals surface area contributed by atoms with Crippen LogP contribution in [0.15, 0.2) is 24.3 Å². The summed E-state index contributed by atoms with van der Waals surface area (Å²) < 4.78 is 43.8. The monoisotopic (exact) mass is 288 g/mol. The van der Waals surface area contributed by atoms with E-state index in [-0.39, 0.29) is 37.8 Å². The highest BCUT2D eigenvalue weighted by molar-refractivity contribution is 5.78. The van der Waals surface area contributed by atoms with Crippen LogP contribution in [-0.4, -0.2) is 36.6 Å². The first-order valence-corrected chi connectivity index (χ1v) is 6.16. The number of alkyl halides is 3. The van der Waals surface area contributed by atoms with Crippen LogP contribution in [0, 0.1) is 0 Å². The molecule has 1 saturated heterocycles. The third-order valence-electron chi connectivity index (χ3n) is 3.23. The Bertz CT molecular complexity index is 491. The van der Waals surface area contributed by atoms with Gasteiger partial charge in [0.25, 0.3) is 0 Å². The molecule has 0 saturated carbocycles. The lowest BCUT2D eigenvalue weighted by molar-refractivity contribution is -0.150. The minimum Gasteiger partial charge on any atom is -0.369 e. The molecule has 1 fully saturated rings. The Labute approximate surface area is 114 Å². The van der Waals surface area contributed by atoms with Gasteiger partial charge in [-0.3, -0.25) is 4.79 Å². The molecule has 0 bridgehead atoms. The molecular weight excluding hydrogens is 273 g/mol. The fraction of sp³-hybridized carbons (Fsp3) is 0.462. The first-order chi connectivity index (χ1) is 9.43. The Morgan fingerprint density at radius 2 is 2.05 bits per heavy atom. The smallest absolute Gasteiger partial charge is 0.369 e. The molecule has 1 amide bonds. The van der Waals surface area contributed by atoms with Crippen molar-refractivity contribution in [1.82, 2.24) is 4.90 Å². The van der Waals surface area contributed by atoms with E-state index in [0.717, 1.165) is 6.07 Å². The van der Waals surface area contributed by atoms with Crippen LogP contribution in [0.4, 0.5) is 13.2 Å². The number of nitrogens with zero attached hydrogens (tertiary/aromatic N) is 1. The lowest BCUT2D eigenvalue weighted by atomic mass is 10.1. The molecule has 0 aliphatic carbocycles. The molecule has 20 heavy (non-hydrogen) atoms. The van der Waals surface area contributed by atoms with Gasteiger partial charge in [-0.25, -0.2) is 0 Å². The molecule has 1 aliphatic heterocycles. The summed E-state index contributed by atoms with van der Waals surface area (Å²) in [7, 11) is 0. The van der Waals surface area contributed by atoms with Crippen molar-refractivity contribution < 1.29 is 22.7 Å². The van der Waals surface area contributed by atoms with Gasteiger partial charge in [-0.2, -0.15) is 13.2 Å². The molecular formula is C13H15F3N2O2. The minimum atomic E-state index is -4.44. The Kier molecular flexibility index (Phi) is 4.29. The molecule has 0 radical (unpaired) electrons. The summed E-state index contributed by atoms with van der Waals surface area (Å²) in [5, 5.41) is 0. The SMILES string of the molecule is NCC1COCC(=O)N1Cc1ccccc1C(F)(F)F. The van der Waals surface area contributed by atoms with Gasteiger partial charge in [-0.05, 0) is 11.6 Å². The number of halogens is 3. The number of rotatable bonds is 3. The van der Waals surface area contributed by atoms with Gasteiger partial charge in [0.2, 0.25) is 5.91 Å². The van der Waals surface area contributed by atoms with Crippen molar-refractivity contribution in [2.45, 2.75) is 18.8 Å². The van der Waals surface area contributed by atoms with Gasteiger partial charge in [0.1, 0.15) is 6.61 Å². The van der Waals surface area contributed by atoms with Crippen LogP contribution in [0.5, 0.6) is 0 Å². The zero-order valence-electron chi connectivity index (χ0n) is 10.7. The number of morpholine rings is 1. The largest absolute Gasteiger partial charge is 0.416 e. The molecule has 1 aliphatic rings. The molecule has 1 unspecified atom stereocenters. The number of hydrogen-bond donors (Lipinski definition) is 1. The van der Waals surface area contributed by atoms with Crippen molar-refractivity contribution >= 4 is 5.91 Å². The Hall–Kier alpha value is -1.60. The van der Waals surface area contributed by atoms with Crippen LogP contribution in [-0.2, 0) is 22.3 Å². The summed E-state index contributed by atoms with van der Waals surface area (Å²) >= 11 is 0. The third-order valence-corrected chi connectivity index (χ3v) is 3.23. The molecule has 1 heterocycles. The van der Waals surface area contributed by atoms with Crippen molar-refractivity contribution in [2.24, 2.45) is 5.73 Å². The van der Waals surface area contributed by atoms with E-state index in [0.29, 0.717) is 0 Å². The number of carbonyl (C=O) groups is 1. The van der Waals surface area contributed by atoms with Gasteiger partial charge in [0.05, 0.1) is 18.2 Å². The van der Waals surface area contributed by atoms with Gasteiger partial charge < -0.3 is 15.4 Å². The highest BCUT2D eigenvalue weighted by atomic mass is 19.4. The second-order valence-electron chi connectivity index (χ2n) is 4.58. The summed E-state index contributed by atoms with van der Waals surface area (Å²) in [4.78, 5) is 13.1. The van der Waals surface area contributed by atoms with Gasteiger partial charge in [-0.1, -0.05) is 18.2 Å². The molecule has 4 nitrogen and oxygen atoms in total. The second kappa shape index (κ2) is 5.80. The number of nitrogens with two attached hydrogens (primary N) is 1. The van der Waals surface area contributed by atoms with Crippen LogP contribution in [0.3, 0.4) is 0 Å². The van der Waals surface area contributed by atoms with Gasteiger partial charge >= 0.3 is 6.18 Å². The standard InChI is InChI=1S/C13H15F3N2O2/c14-13(15,16)11-4-2-1-3-9(11)6-18-10(5-17)7-20-8-12(18)19/h1-4,10H,5-8,17H2. The molecule has 0 spiro atoms. The van der Waals surface area contributed by atoms with E-state index in [1.165, 1.54) is 23.1 Å². The lowest BCUT2D eigenvalue weighted by Crippen LogP contribution is -2.52. The van der Waals surface area contributed by atoms with Crippen LogP contribution in [0.1, 0.15) is 11.1 Å². The number of carbonyl (C=O) groups excluding carboxylic acids is 1. The van der Waals surface area contributed by atoms with Gasteiger partial charge in [0, 0.05) is 13.1 Å². The van der Waals surface area contributed by atoms with Crippen LogP contribution in [0.25, 0.3) is 0 Å². The van der Waals surface area contributed by atoms with Crippen molar-refractivity contribution in [1.29, 1.82) is 0 Å². The summed E-state index contributed by atoms with van der Waals surface area (Å²) in [5.41, 5.74) is 4.87. The van der Waals surface area contributed by atoms with E-state index in [9.17, 15) is 18.0 Å². The summed E-state index contributed by atoms with van der Waals surface area (Å²) in [5.74, 6) is -0.344. The average Bonchev–Trinajstić information content (AvgIpc) is 2.40. The van der Waals surface area contributed by atoms with Crippen molar-refractivity contribution in [2.75, 3.05) is 19.8 Å². The minimum absolute atomic E-state index is 0.0636. The predicted octanol–water partition coefficient (Wildman–Crippen LogP) is 1.39. The predicted molar refractivity (Wildman–Crippen MR) is 65.7 cm³/mol. The van der Waals surface area contributed by atoms with Gasteiger partial charge in [-0.15, -0.1) is 0 Å². The number of ether oxygens (including phenoxy) is 1. The van der Waals surface area contributed by atoms with Crippen LogP contribution in [0.2, 0.25) is 0 Å².